The Balaban J connectivity index is 2.86. The number of carbonyl (C=O) groups excluding carboxylic acids is 2. The van der Waals surface area contributed by atoms with Gasteiger partial charge < -0.3 is 19.3 Å². The summed E-state index contributed by atoms with van der Waals surface area (Å²) in [6, 6.07) is 7.51. The van der Waals surface area contributed by atoms with E-state index in [0.717, 1.165) is 25.2 Å². The van der Waals surface area contributed by atoms with Gasteiger partial charge in [-0.05, 0) is 44.5 Å². The van der Waals surface area contributed by atoms with Gasteiger partial charge in [0.05, 0.1) is 13.2 Å². The molecule has 1 amide bonds. The number of hydrogen-bond acceptors (Lipinski definition) is 5. The van der Waals surface area contributed by atoms with Crippen molar-refractivity contribution in [3.05, 3.63) is 29.8 Å². The molecule has 6 heteroatoms. The number of rotatable bonds is 11. The molecule has 0 unspecified atom stereocenters. The van der Waals surface area contributed by atoms with Crippen molar-refractivity contribution in [2.45, 2.75) is 27.2 Å². The molecular weight excluding hydrogens is 320 g/mol. The zero-order valence-electron chi connectivity index (χ0n) is 15.8. The van der Waals surface area contributed by atoms with Crippen molar-refractivity contribution >= 4 is 17.6 Å². The van der Waals surface area contributed by atoms with Gasteiger partial charge in [-0.1, -0.05) is 6.92 Å². The Morgan fingerprint density at radius 1 is 1.04 bits per heavy atom. The van der Waals surface area contributed by atoms with E-state index in [1.807, 2.05) is 12.1 Å². The van der Waals surface area contributed by atoms with E-state index in [4.69, 9.17) is 9.47 Å². The fourth-order valence-electron chi connectivity index (χ4n) is 2.55. The van der Waals surface area contributed by atoms with Crippen LogP contribution in [0.3, 0.4) is 0 Å². The van der Waals surface area contributed by atoms with Gasteiger partial charge >= 0.3 is 5.97 Å². The predicted octanol–water partition coefficient (Wildman–Crippen LogP) is 2.57. The van der Waals surface area contributed by atoms with Crippen molar-refractivity contribution in [3.8, 4) is 0 Å². The molecule has 0 atom stereocenters. The van der Waals surface area contributed by atoms with E-state index in [2.05, 4.69) is 18.7 Å². The summed E-state index contributed by atoms with van der Waals surface area (Å²) in [5.41, 5.74) is 1.64. The standard InChI is InChI=1S/C19H30N2O4/c1-5-12-20(6-2)17-10-8-16(9-11-17)19(23)21(13-14-24-4)15-18(22)25-7-3/h8-11H,5-7,12-15H2,1-4H3. The maximum atomic E-state index is 12.7. The van der Waals surface area contributed by atoms with Crippen LogP contribution in [0.5, 0.6) is 0 Å². The normalized spacial score (nSPS) is 10.4. The molecule has 0 bridgehead atoms. The molecule has 1 aromatic carbocycles. The van der Waals surface area contributed by atoms with Crippen LogP contribution in [0.2, 0.25) is 0 Å². The Bertz CT molecular complexity index is 531. The molecule has 0 radical (unpaired) electrons. The highest BCUT2D eigenvalue weighted by Gasteiger charge is 2.19. The molecule has 0 fully saturated rings. The zero-order valence-corrected chi connectivity index (χ0v) is 15.8. The van der Waals surface area contributed by atoms with Crippen molar-refractivity contribution in [2.24, 2.45) is 0 Å². The van der Waals surface area contributed by atoms with Crippen LogP contribution in [-0.4, -0.2) is 63.3 Å². The molecule has 0 aromatic heterocycles. The lowest BCUT2D eigenvalue weighted by Gasteiger charge is -2.24. The summed E-state index contributed by atoms with van der Waals surface area (Å²) in [6.07, 6.45) is 1.07. The number of nitrogens with zero attached hydrogens (tertiary/aromatic N) is 2. The quantitative estimate of drug-likeness (QED) is 0.574. The average Bonchev–Trinajstić information content (AvgIpc) is 2.63. The molecule has 1 rings (SSSR count). The first-order valence-corrected chi connectivity index (χ1v) is 8.86. The summed E-state index contributed by atoms with van der Waals surface area (Å²) >= 11 is 0. The smallest absolute Gasteiger partial charge is 0.325 e. The summed E-state index contributed by atoms with van der Waals surface area (Å²) in [5, 5.41) is 0. The van der Waals surface area contributed by atoms with Crippen LogP contribution in [0.15, 0.2) is 24.3 Å². The monoisotopic (exact) mass is 350 g/mol. The number of carbonyl (C=O) groups is 2. The Hall–Kier alpha value is -2.08. The summed E-state index contributed by atoms with van der Waals surface area (Å²) in [4.78, 5) is 28.2. The molecule has 0 saturated heterocycles. The molecule has 0 N–H and O–H groups in total. The third kappa shape index (κ3) is 6.74. The first-order chi connectivity index (χ1) is 12.1. The van der Waals surface area contributed by atoms with Crippen molar-refractivity contribution in [1.29, 1.82) is 0 Å². The molecule has 0 aliphatic heterocycles. The minimum atomic E-state index is -0.413. The minimum absolute atomic E-state index is 0.0747. The van der Waals surface area contributed by atoms with Gasteiger partial charge in [-0.3, -0.25) is 9.59 Å². The highest BCUT2D eigenvalue weighted by Crippen LogP contribution is 2.16. The van der Waals surface area contributed by atoms with Crippen LogP contribution in [0.4, 0.5) is 5.69 Å². The lowest BCUT2D eigenvalue weighted by molar-refractivity contribution is -0.143. The Labute approximate surface area is 150 Å². The second-order valence-corrected chi connectivity index (χ2v) is 5.65. The van der Waals surface area contributed by atoms with E-state index in [1.165, 1.54) is 4.90 Å². The molecule has 0 saturated carbocycles. The SMILES string of the molecule is CCCN(CC)c1ccc(C(=O)N(CCOC)CC(=O)OCC)cc1. The number of ether oxygens (including phenoxy) is 2. The maximum Gasteiger partial charge on any atom is 0.325 e. The van der Waals surface area contributed by atoms with Crippen molar-refractivity contribution in [2.75, 3.05) is 51.4 Å². The fourth-order valence-corrected chi connectivity index (χ4v) is 2.55. The number of amides is 1. The highest BCUT2D eigenvalue weighted by atomic mass is 16.5. The second-order valence-electron chi connectivity index (χ2n) is 5.65. The molecule has 0 heterocycles. The molecule has 0 spiro atoms. The van der Waals surface area contributed by atoms with E-state index in [-0.39, 0.29) is 12.5 Å². The molecular formula is C19H30N2O4. The second kappa shape index (κ2) is 11.5. The first kappa shape index (κ1) is 21.0. The number of hydrogen-bond donors (Lipinski definition) is 0. The van der Waals surface area contributed by atoms with Crippen LogP contribution < -0.4 is 4.90 Å². The molecule has 6 nitrogen and oxygen atoms in total. The lowest BCUT2D eigenvalue weighted by atomic mass is 10.1. The average molecular weight is 350 g/mol. The molecule has 0 aliphatic carbocycles. The van der Waals surface area contributed by atoms with Gasteiger partial charge in [0.15, 0.2) is 0 Å². The van der Waals surface area contributed by atoms with Crippen LogP contribution in [0.25, 0.3) is 0 Å². The van der Waals surface area contributed by atoms with Gasteiger partial charge in [0, 0.05) is 38.0 Å². The summed E-state index contributed by atoms with van der Waals surface area (Å²) in [5.74, 6) is -0.612. The van der Waals surface area contributed by atoms with Gasteiger partial charge in [0.1, 0.15) is 6.54 Å². The number of esters is 1. The van der Waals surface area contributed by atoms with Crippen LogP contribution in [0, 0.1) is 0 Å². The Morgan fingerprint density at radius 3 is 2.24 bits per heavy atom. The van der Waals surface area contributed by atoms with Crippen LogP contribution in [0.1, 0.15) is 37.6 Å². The Morgan fingerprint density at radius 2 is 1.72 bits per heavy atom. The van der Waals surface area contributed by atoms with Gasteiger partial charge in [-0.25, -0.2) is 0 Å². The maximum absolute atomic E-state index is 12.7. The number of anilines is 1. The third-order valence-corrected chi connectivity index (χ3v) is 3.83. The fraction of sp³-hybridized carbons (Fsp3) is 0.579. The highest BCUT2D eigenvalue weighted by molar-refractivity contribution is 5.96. The Kier molecular flexibility index (Phi) is 9.62. The summed E-state index contributed by atoms with van der Waals surface area (Å²) in [6.45, 7) is 8.82. The van der Waals surface area contributed by atoms with Gasteiger partial charge in [0.2, 0.25) is 0 Å². The summed E-state index contributed by atoms with van der Waals surface area (Å²) in [7, 11) is 1.56. The zero-order chi connectivity index (χ0) is 18.7. The van der Waals surface area contributed by atoms with Crippen LogP contribution in [-0.2, 0) is 14.3 Å². The van der Waals surface area contributed by atoms with Gasteiger partial charge in [-0.15, -0.1) is 0 Å². The van der Waals surface area contributed by atoms with E-state index in [9.17, 15) is 9.59 Å². The topological polar surface area (TPSA) is 59.1 Å². The van der Waals surface area contributed by atoms with Crippen molar-refractivity contribution < 1.29 is 19.1 Å². The molecule has 1 aromatic rings. The van der Waals surface area contributed by atoms with E-state index in [0.29, 0.717) is 25.3 Å². The number of benzene rings is 1. The predicted molar refractivity (Wildman–Crippen MR) is 99.0 cm³/mol. The largest absolute Gasteiger partial charge is 0.465 e. The summed E-state index contributed by atoms with van der Waals surface area (Å²) < 4.78 is 9.99. The van der Waals surface area contributed by atoms with E-state index < -0.39 is 5.97 Å². The minimum Gasteiger partial charge on any atom is -0.465 e. The molecule has 0 aliphatic rings. The van der Waals surface area contributed by atoms with Gasteiger partial charge in [-0.2, -0.15) is 0 Å². The van der Waals surface area contributed by atoms with E-state index >= 15 is 0 Å². The lowest BCUT2D eigenvalue weighted by Crippen LogP contribution is -2.38. The van der Waals surface area contributed by atoms with Gasteiger partial charge in [0.25, 0.3) is 5.91 Å². The van der Waals surface area contributed by atoms with Crippen molar-refractivity contribution in [3.63, 3.8) is 0 Å². The molecule has 140 valence electrons. The number of methoxy groups -OCH3 is 1. The van der Waals surface area contributed by atoms with E-state index in [1.54, 1.807) is 26.2 Å². The van der Waals surface area contributed by atoms with Crippen molar-refractivity contribution in [1.82, 2.24) is 4.90 Å². The van der Waals surface area contributed by atoms with Crippen LogP contribution >= 0.6 is 0 Å². The molecule has 25 heavy (non-hydrogen) atoms. The first-order valence-electron chi connectivity index (χ1n) is 8.86. The third-order valence-electron chi connectivity index (χ3n) is 3.83.